The molecule has 0 saturated carbocycles. The van der Waals surface area contributed by atoms with Gasteiger partial charge in [0, 0.05) is 6.54 Å². The topological polar surface area (TPSA) is 88.7 Å². The lowest BCUT2D eigenvalue weighted by Gasteiger charge is -2.22. The first kappa shape index (κ1) is 16.6. The molecule has 3 rings (SSSR count). The van der Waals surface area contributed by atoms with Gasteiger partial charge in [-0.3, -0.25) is 4.79 Å². The van der Waals surface area contributed by atoms with E-state index in [1.165, 1.54) is 0 Å². The Bertz CT molecular complexity index is 642. The van der Waals surface area contributed by atoms with Crippen molar-refractivity contribution < 1.29 is 9.53 Å². The average Bonchev–Trinajstić information content (AvgIpc) is 2.78. The fourth-order valence-corrected chi connectivity index (χ4v) is 4.81. The molecular weight excluding hydrogens is 428 g/mol. The van der Waals surface area contributed by atoms with Crippen molar-refractivity contribution in [2.45, 2.75) is 24.9 Å². The van der Waals surface area contributed by atoms with Crippen LogP contribution in [0.15, 0.2) is 26.1 Å². The standard InChI is InChI=1S/C15H18Br2N4O2/c1-23-13-9(16)5-7(6-10(13)17)4-8-12-11(20-15(18)21-12)2-3-19-14(8)22/h5-6,8,11-12H,2-4H2,1H3,(H,19,22)(H3,18,20,21). The quantitative estimate of drug-likeness (QED) is 0.658. The summed E-state index contributed by atoms with van der Waals surface area (Å²) in [5, 5.41) is 6.14. The van der Waals surface area contributed by atoms with Crippen LogP contribution in [0.2, 0.25) is 0 Å². The number of halogens is 2. The molecule has 3 unspecified atom stereocenters. The van der Waals surface area contributed by atoms with Crippen LogP contribution < -0.4 is 21.1 Å². The molecule has 23 heavy (non-hydrogen) atoms. The minimum atomic E-state index is -0.247. The number of hydrogen-bond donors (Lipinski definition) is 3. The molecule has 2 aliphatic rings. The van der Waals surface area contributed by atoms with E-state index in [-0.39, 0.29) is 23.9 Å². The van der Waals surface area contributed by atoms with Gasteiger partial charge in [0.15, 0.2) is 5.96 Å². The molecule has 1 fully saturated rings. The van der Waals surface area contributed by atoms with Gasteiger partial charge in [-0.15, -0.1) is 0 Å². The van der Waals surface area contributed by atoms with E-state index in [1.54, 1.807) is 7.11 Å². The van der Waals surface area contributed by atoms with E-state index in [9.17, 15) is 4.79 Å². The van der Waals surface area contributed by atoms with Gasteiger partial charge in [0.1, 0.15) is 5.75 Å². The molecule has 2 heterocycles. The first-order chi connectivity index (χ1) is 11.0. The van der Waals surface area contributed by atoms with Crippen LogP contribution in [0.1, 0.15) is 12.0 Å². The van der Waals surface area contributed by atoms with Crippen molar-refractivity contribution in [3.8, 4) is 5.75 Å². The highest BCUT2D eigenvalue weighted by molar-refractivity contribution is 9.11. The van der Waals surface area contributed by atoms with Gasteiger partial charge in [0.2, 0.25) is 5.91 Å². The Kier molecular flexibility index (Phi) is 4.82. The van der Waals surface area contributed by atoms with Gasteiger partial charge >= 0.3 is 0 Å². The summed E-state index contributed by atoms with van der Waals surface area (Å²) < 4.78 is 7.02. The second-order valence-electron chi connectivity index (χ2n) is 5.74. The molecule has 1 saturated heterocycles. The van der Waals surface area contributed by atoms with Crippen LogP contribution in [0.5, 0.6) is 5.75 Å². The molecule has 6 nitrogen and oxygen atoms in total. The molecule has 0 spiro atoms. The second-order valence-corrected chi connectivity index (χ2v) is 7.45. The number of aliphatic imine (C=N–C) groups is 1. The summed E-state index contributed by atoms with van der Waals surface area (Å²) in [6.07, 6.45) is 1.42. The zero-order valence-corrected chi connectivity index (χ0v) is 15.8. The summed E-state index contributed by atoms with van der Waals surface area (Å²) in [5.41, 5.74) is 6.84. The molecule has 1 aromatic rings. The first-order valence-corrected chi connectivity index (χ1v) is 8.97. The Morgan fingerprint density at radius 2 is 2.09 bits per heavy atom. The van der Waals surface area contributed by atoms with Gasteiger partial charge in [-0.2, -0.15) is 0 Å². The van der Waals surface area contributed by atoms with Gasteiger partial charge in [-0.05, 0) is 62.4 Å². The Balaban J connectivity index is 1.89. The van der Waals surface area contributed by atoms with E-state index in [1.807, 2.05) is 12.1 Å². The van der Waals surface area contributed by atoms with Crippen LogP contribution in [0, 0.1) is 5.92 Å². The van der Waals surface area contributed by atoms with Crippen LogP contribution in [0.3, 0.4) is 0 Å². The molecule has 0 bridgehead atoms. The van der Waals surface area contributed by atoms with Crippen molar-refractivity contribution in [2.75, 3.05) is 13.7 Å². The SMILES string of the molecule is COc1c(Br)cc(CC2C(=O)NCCC3NC(N)=NC32)cc1Br. The third-order valence-electron chi connectivity index (χ3n) is 4.26. The van der Waals surface area contributed by atoms with Crippen LogP contribution in [0.4, 0.5) is 0 Å². The maximum Gasteiger partial charge on any atom is 0.225 e. The van der Waals surface area contributed by atoms with Crippen molar-refractivity contribution in [1.29, 1.82) is 0 Å². The fraction of sp³-hybridized carbons (Fsp3) is 0.467. The highest BCUT2D eigenvalue weighted by Crippen LogP contribution is 2.36. The molecule has 1 amide bonds. The summed E-state index contributed by atoms with van der Waals surface area (Å²) in [6, 6.07) is 3.94. The minimum absolute atomic E-state index is 0.0285. The molecule has 3 atom stereocenters. The molecule has 124 valence electrons. The number of carbonyl (C=O) groups excluding carboxylic acids is 1. The summed E-state index contributed by atoms with van der Waals surface area (Å²) in [6.45, 7) is 0.641. The summed E-state index contributed by atoms with van der Waals surface area (Å²) in [7, 11) is 1.62. The van der Waals surface area contributed by atoms with Crippen molar-refractivity contribution in [2.24, 2.45) is 16.6 Å². The highest BCUT2D eigenvalue weighted by Gasteiger charge is 2.40. The molecule has 2 aliphatic heterocycles. The van der Waals surface area contributed by atoms with Crippen LogP contribution in [-0.4, -0.2) is 37.6 Å². The zero-order chi connectivity index (χ0) is 16.6. The molecule has 4 N–H and O–H groups in total. The number of guanidine groups is 1. The van der Waals surface area contributed by atoms with E-state index in [0.717, 1.165) is 26.7 Å². The lowest BCUT2D eigenvalue weighted by molar-refractivity contribution is -0.125. The van der Waals surface area contributed by atoms with Crippen molar-refractivity contribution in [1.82, 2.24) is 10.6 Å². The molecule has 0 radical (unpaired) electrons. The Hall–Kier alpha value is -1.28. The number of fused-ring (bicyclic) bond motifs is 1. The lowest BCUT2D eigenvalue weighted by Crippen LogP contribution is -2.41. The number of nitrogens with two attached hydrogens (primary N) is 1. The number of ether oxygens (including phenoxy) is 1. The largest absolute Gasteiger partial charge is 0.494 e. The number of methoxy groups -OCH3 is 1. The number of amides is 1. The Morgan fingerprint density at radius 1 is 1.39 bits per heavy atom. The van der Waals surface area contributed by atoms with E-state index in [4.69, 9.17) is 10.5 Å². The molecular formula is C15H18Br2N4O2. The van der Waals surface area contributed by atoms with Gasteiger partial charge in [0.05, 0.1) is 34.1 Å². The van der Waals surface area contributed by atoms with Crippen molar-refractivity contribution >= 4 is 43.7 Å². The predicted octanol–water partition coefficient (Wildman–Crippen LogP) is 1.55. The summed E-state index contributed by atoms with van der Waals surface area (Å²) >= 11 is 7.01. The zero-order valence-electron chi connectivity index (χ0n) is 12.6. The molecule has 0 aliphatic carbocycles. The average molecular weight is 446 g/mol. The number of benzene rings is 1. The highest BCUT2D eigenvalue weighted by atomic mass is 79.9. The van der Waals surface area contributed by atoms with Gasteiger partial charge in [0.25, 0.3) is 0 Å². The first-order valence-electron chi connectivity index (χ1n) is 7.39. The summed E-state index contributed by atoms with van der Waals surface area (Å²) in [4.78, 5) is 16.9. The second kappa shape index (κ2) is 6.68. The number of nitrogens with one attached hydrogen (secondary N) is 2. The minimum Gasteiger partial charge on any atom is -0.494 e. The maximum atomic E-state index is 12.5. The monoisotopic (exact) mass is 444 g/mol. The van der Waals surface area contributed by atoms with Gasteiger partial charge in [-0.25, -0.2) is 4.99 Å². The Labute approximate surface area is 151 Å². The number of nitrogens with zero attached hydrogens (tertiary/aromatic N) is 1. The molecule has 8 heteroatoms. The predicted molar refractivity (Wildman–Crippen MR) is 95.5 cm³/mol. The van der Waals surface area contributed by atoms with E-state index >= 15 is 0 Å². The number of hydrogen-bond acceptors (Lipinski definition) is 5. The lowest BCUT2D eigenvalue weighted by atomic mass is 9.88. The van der Waals surface area contributed by atoms with E-state index in [2.05, 4.69) is 47.5 Å². The fourth-order valence-electron chi connectivity index (χ4n) is 3.21. The number of rotatable bonds is 3. The number of carbonyl (C=O) groups is 1. The van der Waals surface area contributed by atoms with Crippen LogP contribution in [-0.2, 0) is 11.2 Å². The molecule has 1 aromatic carbocycles. The van der Waals surface area contributed by atoms with E-state index in [0.29, 0.717) is 18.9 Å². The normalized spacial score (nSPS) is 26.7. The van der Waals surface area contributed by atoms with Crippen LogP contribution in [0.25, 0.3) is 0 Å². The van der Waals surface area contributed by atoms with Crippen molar-refractivity contribution in [3.63, 3.8) is 0 Å². The smallest absolute Gasteiger partial charge is 0.225 e. The summed E-state index contributed by atoms with van der Waals surface area (Å²) in [5.74, 6) is 0.947. The van der Waals surface area contributed by atoms with Crippen molar-refractivity contribution in [3.05, 3.63) is 26.6 Å². The van der Waals surface area contributed by atoms with E-state index < -0.39 is 0 Å². The van der Waals surface area contributed by atoms with Crippen LogP contribution >= 0.6 is 31.9 Å². The third-order valence-corrected chi connectivity index (χ3v) is 5.43. The molecule has 0 aromatic heterocycles. The maximum absolute atomic E-state index is 12.5. The third kappa shape index (κ3) is 3.33. The van der Waals surface area contributed by atoms with Gasteiger partial charge < -0.3 is 21.1 Å². The van der Waals surface area contributed by atoms with Gasteiger partial charge in [-0.1, -0.05) is 0 Å². The Morgan fingerprint density at radius 3 is 2.74 bits per heavy atom.